The molecule has 0 spiro atoms. The molecule has 28 heavy (non-hydrogen) atoms. The zero-order valence-corrected chi connectivity index (χ0v) is 16.7. The van der Waals surface area contributed by atoms with Gasteiger partial charge in [0.25, 0.3) is 5.91 Å². The minimum Gasteiger partial charge on any atom is -0.325 e. The lowest BCUT2D eigenvalue weighted by Crippen LogP contribution is -2.15. The van der Waals surface area contributed by atoms with Crippen LogP contribution in [0.2, 0.25) is 5.02 Å². The van der Waals surface area contributed by atoms with Crippen LogP contribution >= 0.6 is 23.4 Å². The summed E-state index contributed by atoms with van der Waals surface area (Å²) < 4.78 is 1.49. The summed E-state index contributed by atoms with van der Waals surface area (Å²) in [5.41, 5.74) is 2.52. The molecule has 2 aromatic carbocycles. The highest BCUT2D eigenvalue weighted by atomic mass is 35.5. The van der Waals surface area contributed by atoms with Crippen LogP contribution in [0, 0.1) is 6.92 Å². The number of tetrazole rings is 1. The first-order valence-corrected chi connectivity index (χ1v) is 9.62. The number of amides is 2. The Balaban J connectivity index is 1.56. The summed E-state index contributed by atoms with van der Waals surface area (Å²) in [6.07, 6.45) is 0. The number of aromatic nitrogens is 4. The molecule has 0 fully saturated rings. The number of benzene rings is 2. The van der Waals surface area contributed by atoms with Gasteiger partial charge in [-0.15, -0.1) is 5.10 Å². The number of hydrogen-bond acceptors (Lipinski definition) is 6. The third kappa shape index (κ3) is 4.87. The lowest BCUT2D eigenvalue weighted by Gasteiger charge is -2.10. The van der Waals surface area contributed by atoms with Crippen molar-refractivity contribution in [2.24, 2.45) is 7.05 Å². The van der Waals surface area contributed by atoms with E-state index in [0.29, 0.717) is 27.1 Å². The summed E-state index contributed by atoms with van der Waals surface area (Å²) >= 11 is 7.31. The first-order valence-electron chi connectivity index (χ1n) is 8.25. The first-order chi connectivity index (χ1) is 13.4. The summed E-state index contributed by atoms with van der Waals surface area (Å²) in [6, 6.07) is 12.0. The van der Waals surface area contributed by atoms with Gasteiger partial charge in [-0.3, -0.25) is 9.59 Å². The Morgan fingerprint density at radius 2 is 1.89 bits per heavy atom. The van der Waals surface area contributed by atoms with Gasteiger partial charge in [0, 0.05) is 29.0 Å². The van der Waals surface area contributed by atoms with E-state index in [1.165, 1.54) is 16.4 Å². The van der Waals surface area contributed by atoms with Crippen molar-refractivity contribution in [1.29, 1.82) is 0 Å². The molecule has 2 N–H and O–H groups in total. The van der Waals surface area contributed by atoms with E-state index in [2.05, 4.69) is 26.2 Å². The zero-order chi connectivity index (χ0) is 20.1. The van der Waals surface area contributed by atoms with Crippen molar-refractivity contribution in [3.63, 3.8) is 0 Å². The van der Waals surface area contributed by atoms with Crippen molar-refractivity contribution in [3.8, 4) is 0 Å². The van der Waals surface area contributed by atoms with E-state index in [4.69, 9.17) is 11.6 Å². The van der Waals surface area contributed by atoms with E-state index in [0.717, 1.165) is 5.56 Å². The summed E-state index contributed by atoms with van der Waals surface area (Å²) in [5.74, 6) is -0.279. The number of carbonyl (C=O) groups is 2. The van der Waals surface area contributed by atoms with Gasteiger partial charge in [-0.2, -0.15) is 0 Å². The molecule has 3 aromatic rings. The maximum atomic E-state index is 12.4. The van der Waals surface area contributed by atoms with Crippen molar-refractivity contribution in [1.82, 2.24) is 20.2 Å². The van der Waals surface area contributed by atoms with Gasteiger partial charge < -0.3 is 10.6 Å². The van der Waals surface area contributed by atoms with Gasteiger partial charge in [-0.25, -0.2) is 4.68 Å². The first kappa shape index (κ1) is 19.8. The largest absolute Gasteiger partial charge is 0.325 e. The Morgan fingerprint density at radius 1 is 1.14 bits per heavy atom. The molecule has 2 amide bonds. The quantitative estimate of drug-likeness (QED) is 0.598. The number of anilines is 2. The fourth-order valence-electron chi connectivity index (χ4n) is 2.31. The Kier molecular flexibility index (Phi) is 6.27. The second kappa shape index (κ2) is 8.85. The van der Waals surface area contributed by atoms with E-state index in [9.17, 15) is 9.59 Å². The highest BCUT2D eigenvalue weighted by Crippen LogP contribution is 2.23. The molecule has 0 aliphatic rings. The Hall–Kier alpha value is -2.91. The molecule has 0 aliphatic heterocycles. The van der Waals surface area contributed by atoms with Crippen LogP contribution in [0.5, 0.6) is 0 Å². The fraction of sp³-hybridized carbons (Fsp3) is 0.167. The van der Waals surface area contributed by atoms with Crippen LogP contribution in [0.15, 0.2) is 47.6 Å². The summed E-state index contributed by atoms with van der Waals surface area (Å²) in [6.45, 7) is 1.84. The SMILES string of the molecule is Cc1c(Cl)cccc1NC(=O)c1ccc(NC(=O)CSc2nnnn2C)cc1. The van der Waals surface area contributed by atoms with Crippen LogP contribution in [0.1, 0.15) is 15.9 Å². The summed E-state index contributed by atoms with van der Waals surface area (Å²) in [7, 11) is 1.70. The Labute approximate surface area is 170 Å². The van der Waals surface area contributed by atoms with Gasteiger partial charge in [0.15, 0.2) is 0 Å². The van der Waals surface area contributed by atoms with Crippen molar-refractivity contribution in [2.75, 3.05) is 16.4 Å². The minimum atomic E-state index is -0.256. The summed E-state index contributed by atoms with van der Waals surface area (Å²) in [5, 5.41) is 17.8. The molecule has 10 heteroatoms. The lowest BCUT2D eigenvalue weighted by molar-refractivity contribution is -0.113. The number of hydrogen-bond donors (Lipinski definition) is 2. The second-order valence-corrected chi connectivity index (χ2v) is 7.22. The standard InChI is InChI=1S/C18H17ClN6O2S/c1-11-14(19)4-3-5-15(11)21-17(27)12-6-8-13(9-7-12)20-16(26)10-28-18-22-23-24-25(18)2/h3-9H,10H2,1-2H3,(H,20,26)(H,21,27). The number of halogens is 1. The molecule has 0 atom stereocenters. The topological polar surface area (TPSA) is 102 Å². The smallest absolute Gasteiger partial charge is 0.255 e. The lowest BCUT2D eigenvalue weighted by atomic mass is 10.1. The molecule has 0 saturated heterocycles. The van der Waals surface area contributed by atoms with Gasteiger partial charge in [-0.05, 0) is 59.3 Å². The van der Waals surface area contributed by atoms with E-state index >= 15 is 0 Å². The molecule has 0 aliphatic carbocycles. The molecule has 3 rings (SSSR count). The highest BCUT2D eigenvalue weighted by molar-refractivity contribution is 7.99. The monoisotopic (exact) mass is 416 g/mol. The zero-order valence-electron chi connectivity index (χ0n) is 15.1. The van der Waals surface area contributed by atoms with E-state index in [1.807, 2.05) is 6.92 Å². The van der Waals surface area contributed by atoms with Crippen LogP contribution in [0.3, 0.4) is 0 Å². The molecule has 0 radical (unpaired) electrons. The third-order valence-corrected chi connectivity index (χ3v) is 5.28. The fourth-order valence-corrected chi connectivity index (χ4v) is 3.14. The average molecular weight is 417 g/mol. The van der Waals surface area contributed by atoms with Gasteiger partial charge in [0.1, 0.15) is 0 Å². The van der Waals surface area contributed by atoms with Crippen molar-refractivity contribution in [3.05, 3.63) is 58.6 Å². The molecule has 0 bridgehead atoms. The number of nitrogens with one attached hydrogen (secondary N) is 2. The van der Waals surface area contributed by atoms with Crippen LogP contribution in [0.4, 0.5) is 11.4 Å². The van der Waals surface area contributed by atoms with E-state index in [-0.39, 0.29) is 17.6 Å². The number of thioether (sulfide) groups is 1. The van der Waals surface area contributed by atoms with Gasteiger partial charge in [0.2, 0.25) is 11.1 Å². The van der Waals surface area contributed by atoms with Gasteiger partial charge in [0.05, 0.1) is 5.75 Å². The number of nitrogens with zero attached hydrogens (tertiary/aromatic N) is 4. The van der Waals surface area contributed by atoms with Crippen LogP contribution in [0.25, 0.3) is 0 Å². The maximum absolute atomic E-state index is 12.4. The third-order valence-electron chi connectivity index (χ3n) is 3.86. The van der Waals surface area contributed by atoms with Gasteiger partial charge in [-0.1, -0.05) is 29.4 Å². The molecule has 0 saturated carbocycles. The van der Waals surface area contributed by atoms with Crippen LogP contribution < -0.4 is 10.6 Å². The number of carbonyl (C=O) groups excluding carboxylic acids is 2. The predicted octanol–water partition coefficient (Wildman–Crippen LogP) is 3.16. The van der Waals surface area contributed by atoms with Crippen molar-refractivity contribution in [2.45, 2.75) is 12.1 Å². The molecule has 8 nitrogen and oxygen atoms in total. The Morgan fingerprint density at radius 3 is 2.57 bits per heavy atom. The number of rotatable bonds is 6. The van der Waals surface area contributed by atoms with E-state index < -0.39 is 0 Å². The summed E-state index contributed by atoms with van der Waals surface area (Å²) in [4.78, 5) is 24.5. The second-order valence-electron chi connectivity index (χ2n) is 5.87. The normalized spacial score (nSPS) is 10.5. The van der Waals surface area contributed by atoms with E-state index in [1.54, 1.807) is 49.5 Å². The van der Waals surface area contributed by atoms with Crippen molar-refractivity contribution >= 4 is 46.6 Å². The van der Waals surface area contributed by atoms with Crippen molar-refractivity contribution < 1.29 is 9.59 Å². The predicted molar refractivity (Wildman–Crippen MR) is 109 cm³/mol. The number of aryl methyl sites for hydroxylation is 1. The molecule has 1 aromatic heterocycles. The minimum absolute atomic E-state index is 0.171. The molecular weight excluding hydrogens is 400 g/mol. The molecule has 0 unspecified atom stereocenters. The van der Waals surface area contributed by atoms with Crippen LogP contribution in [-0.4, -0.2) is 37.8 Å². The highest BCUT2D eigenvalue weighted by Gasteiger charge is 2.11. The average Bonchev–Trinajstić information content (AvgIpc) is 3.09. The maximum Gasteiger partial charge on any atom is 0.255 e. The van der Waals surface area contributed by atoms with Gasteiger partial charge >= 0.3 is 0 Å². The Bertz CT molecular complexity index is 1010. The molecule has 1 heterocycles. The molecular formula is C18H17ClN6O2S. The van der Waals surface area contributed by atoms with Crippen LogP contribution in [-0.2, 0) is 11.8 Å². The molecule has 144 valence electrons.